The zero-order valence-corrected chi connectivity index (χ0v) is 12.2. The Morgan fingerprint density at radius 3 is 2.75 bits per heavy atom. The van der Waals surface area contributed by atoms with Crippen molar-refractivity contribution in [1.29, 1.82) is 0 Å². The van der Waals surface area contributed by atoms with Crippen molar-refractivity contribution in [2.75, 3.05) is 13.1 Å². The van der Waals surface area contributed by atoms with Gasteiger partial charge in [0.25, 0.3) is 5.91 Å². The predicted molar refractivity (Wildman–Crippen MR) is 77.4 cm³/mol. The van der Waals surface area contributed by atoms with Crippen LogP contribution in [0.2, 0.25) is 5.02 Å². The van der Waals surface area contributed by atoms with Crippen LogP contribution in [0.4, 0.5) is 4.39 Å². The van der Waals surface area contributed by atoms with Crippen molar-refractivity contribution < 1.29 is 9.18 Å². The van der Waals surface area contributed by atoms with Crippen LogP contribution >= 0.6 is 11.6 Å². The summed E-state index contributed by atoms with van der Waals surface area (Å²) in [5.74, 6) is 0.667. The van der Waals surface area contributed by atoms with Crippen LogP contribution in [0.3, 0.4) is 0 Å². The molecule has 2 unspecified atom stereocenters. The smallest absolute Gasteiger partial charge is 0.256 e. The molecule has 1 aromatic rings. The lowest BCUT2D eigenvalue weighted by Crippen LogP contribution is -2.45. The van der Waals surface area contributed by atoms with Crippen molar-refractivity contribution in [1.82, 2.24) is 4.90 Å². The monoisotopic (exact) mass is 295 g/mol. The van der Waals surface area contributed by atoms with Gasteiger partial charge in [-0.25, -0.2) is 4.39 Å². The highest BCUT2D eigenvalue weighted by atomic mass is 35.5. The first kappa shape index (κ1) is 13.9. The summed E-state index contributed by atoms with van der Waals surface area (Å²) in [4.78, 5) is 14.3. The predicted octanol–water partition coefficient (Wildman–Crippen LogP) is 4.13. The summed E-state index contributed by atoms with van der Waals surface area (Å²) in [6.45, 7) is 1.52. The number of nitrogens with zero attached hydrogens (tertiary/aromatic N) is 1. The van der Waals surface area contributed by atoms with Gasteiger partial charge in [0.2, 0.25) is 0 Å². The molecule has 2 atom stereocenters. The van der Waals surface area contributed by atoms with Crippen LogP contribution in [0, 0.1) is 17.7 Å². The lowest BCUT2D eigenvalue weighted by molar-refractivity contribution is 0.0516. The van der Waals surface area contributed by atoms with E-state index in [9.17, 15) is 9.18 Å². The highest BCUT2D eigenvalue weighted by Gasteiger charge is 2.33. The molecule has 1 aliphatic heterocycles. The van der Waals surface area contributed by atoms with Gasteiger partial charge in [-0.1, -0.05) is 30.9 Å². The maximum absolute atomic E-state index is 13.8. The van der Waals surface area contributed by atoms with Crippen LogP contribution in [0.5, 0.6) is 0 Å². The number of hydrogen-bond acceptors (Lipinski definition) is 1. The molecule has 0 N–H and O–H groups in total. The number of amides is 1. The molecule has 1 heterocycles. The molecule has 2 aliphatic rings. The molecule has 4 heteroatoms. The molecule has 1 amide bonds. The zero-order valence-electron chi connectivity index (χ0n) is 11.4. The summed E-state index contributed by atoms with van der Waals surface area (Å²) in [5.41, 5.74) is 0.103. The second-order valence-corrected chi connectivity index (χ2v) is 6.41. The Labute approximate surface area is 123 Å². The maximum atomic E-state index is 13.8. The molecular formula is C16H19ClFNO. The van der Waals surface area contributed by atoms with Gasteiger partial charge in [-0.15, -0.1) is 0 Å². The minimum Gasteiger partial charge on any atom is -0.338 e. The minimum atomic E-state index is -0.481. The third-order valence-electron chi connectivity index (χ3n) is 4.74. The molecule has 1 saturated carbocycles. The SMILES string of the molecule is O=C(c1cc(Cl)ccc1F)N1CCC2CCCCC2C1. The average molecular weight is 296 g/mol. The summed E-state index contributed by atoms with van der Waals surface area (Å²) < 4.78 is 13.8. The van der Waals surface area contributed by atoms with Crippen molar-refractivity contribution in [2.45, 2.75) is 32.1 Å². The fraction of sp³-hybridized carbons (Fsp3) is 0.562. The topological polar surface area (TPSA) is 20.3 Å². The van der Waals surface area contributed by atoms with Gasteiger partial charge in [-0.2, -0.15) is 0 Å². The molecule has 2 fully saturated rings. The van der Waals surface area contributed by atoms with E-state index in [0.717, 1.165) is 25.4 Å². The van der Waals surface area contributed by atoms with E-state index < -0.39 is 5.82 Å². The van der Waals surface area contributed by atoms with Crippen LogP contribution < -0.4 is 0 Å². The van der Waals surface area contributed by atoms with E-state index in [1.165, 1.54) is 43.9 Å². The van der Waals surface area contributed by atoms with E-state index in [1.54, 1.807) is 4.90 Å². The van der Waals surface area contributed by atoms with E-state index >= 15 is 0 Å². The fourth-order valence-electron chi connectivity index (χ4n) is 3.62. The third-order valence-corrected chi connectivity index (χ3v) is 4.97. The Bertz CT molecular complexity index is 519. The van der Waals surface area contributed by atoms with E-state index in [4.69, 9.17) is 11.6 Å². The molecule has 1 aliphatic carbocycles. The number of piperidine rings is 1. The lowest BCUT2D eigenvalue weighted by atomic mass is 9.75. The number of hydrogen-bond donors (Lipinski definition) is 0. The van der Waals surface area contributed by atoms with Gasteiger partial charge in [-0.05, 0) is 42.9 Å². The van der Waals surface area contributed by atoms with Crippen LogP contribution in [-0.2, 0) is 0 Å². The second kappa shape index (κ2) is 5.72. The Morgan fingerprint density at radius 2 is 1.95 bits per heavy atom. The van der Waals surface area contributed by atoms with Crippen molar-refractivity contribution in [3.63, 3.8) is 0 Å². The molecule has 20 heavy (non-hydrogen) atoms. The van der Waals surface area contributed by atoms with Crippen molar-refractivity contribution in [2.24, 2.45) is 11.8 Å². The number of carbonyl (C=O) groups is 1. The Kier molecular flexibility index (Phi) is 3.97. The van der Waals surface area contributed by atoms with E-state index in [-0.39, 0.29) is 11.5 Å². The van der Waals surface area contributed by atoms with Gasteiger partial charge in [0.1, 0.15) is 5.82 Å². The standard InChI is InChI=1S/C16H19ClFNO/c17-13-5-6-15(18)14(9-13)16(20)19-8-7-11-3-1-2-4-12(11)10-19/h5-6,9,11-12H,1-4,7-8,10H2. The van der Waals surface area contributed by atoms with Crippen molar-refractivity contribution in [3.8, 4) is 0 Å². The van der Waals surface area contributed by atoms with E-state index in [0.29, 0.717) is 10.9 Å². The third kappa shape index (κ3) is 2.69. The number of likely N-dealkylation sites (tertiary alicyclic amines) is 1. The summed E-state index contributed by atoms with van der Waals surface area (Å²) in [7, 11) is 0. The average Bonchev–Trinajstić information content (AvgIpc) is 2.48. The summed E-state index contributed by atoms with van der Waals surface area (Å²) in [6.07, 6.45) is 6.12. The lowest BCUT2D eigenvalue weighted by Gasteiger charge is -2.41. The largest absolute Gasteiger partial charge is 0.338 e. The molecule has 1 aromatic carbocycles. The molecule has 3 rings (SSSR count). The van der Waals surface area contributed by atoms with Gasteiger partial charge in [0.15, 0.2) is 0 Å². The molecule has 2 nitrogen and oxygen atoms in total. The van der Waals surface area contributed by atoms with Crippen LogP contribution in [0.15, 0.2) is 18.2 Å². The molecule has 108 valence electrons. The first-order valence-electron chi connectivity index (χ1n) is 7.39. The van der Waals surface area contributed by atoms with E-state index in [1.807, 2.05) is 0 Å². The van der Waals surface area contributed by atoms with Crippen molar-refractivity contribution in [3.05, 3.63) is 34.6 Å². The Morgan fingerprint density at radius 1 is 1.20 bits per heavy atom. The summed E-state index contributed by atoms with van der Waals surface area (Å²) in [5, 5.41) is 0.405. The number of fused-ring (bicyclic) bond motifs is 1. The highest BCUT2D eigenvalue weighted by molar-refractivity contribution is 6.31. The van der Waals surface area contributed by atoms with Crippen LogP contribution in [0.1, 0.15) is 42.5 Å². The van der Waals surface area contributed by atoms with Gasteiger partial charge in [-0.3, -0.25) is 4.79 Å². The maximum Gasteiger partial charge on any atom is 0.256 e. The quantitative estimate of drug-likeness (QED) is 0.763. The molecule has 0 spiro atoms. The Balaban J connectivity index is 1.76. The Hall–Kier alpha value is -1.09. The number of halogens is 2. The molecule has 0 aromatic heterocycles. The van der Waals surface area contributed by atoms with E-state index in [2.05, 4.69) is 0 Å². The number of carbonyl (C=O) groups excluding carboxylic acids is 1. The fourth-order valence-corrected chi connectivity index (χ4v) is 3.79. The number of rotatable bonds is 1. The summed E-state index contributed by atoms with van der Waals surface area (Å²) in [6, 6.07) is 4.18. The molecular weight excluding hydrogens is 277 g/mol. The first-order chi connectivity index (χ1) is 9.65. The first-order valence-corrected chi connectivity index (χ1v) is 7.77. The highest BCUT2D eigenvalue weighted by Crippen LogP contribution is 2.36. The van der Waals surface area contributed by atoms with Crippen LogP contribution in [0.25, 0.3) is 0 Å². The molecule has 0 radical (unpaired) electrons. The van der Waals surface area contributed by atoms with Gasteiger partial charge >= 0.3 is 0 Å². The molecule has 0 bridgehead atoms. The van der Waals surface area contributed by atoms with Gasteiger partial charge < -0.3 is 4.90 Å². The van der Waals surface area contributed by atoms with Crippen LogP contribution in [-0.4, -0.2) is 23.9 Å². The van der Waals surface area contributed by atoms with Gasteiger partial charge in [0.05, 0.1) is 5.56 Å². The van der Waals surface area contributed by atoms with Gasteiger partial charge in [0, 0.05) is 18.1 Å². The second-order valence-electron chi connectivity index (χ2n) is 5.97. The minimum absolute atomic E-state index is 0.103. The number of benzene rings is 1. The normalized spacial score (nSPS) is 26.2. The zero-order chi connectivity index (χ0) is 14.1. The molecule has 1 saturated heterocycles. The van der Waals surface area contributed by atoms with Crippen molar-refractivity contribution >= 4 is 17.5 Å². The summed E-state index contributed by atoms with van der Waals surface area (Å²) >= 11 is 5.87.